The number of benzene rings is 2. The SMILES string of the molecule is C[C@H](C(=O)N[C@@H](CO)c1ccc(OCC2(C)CCC2)cc1)c1ccccc1. The van der Waals surface area contributed by atoms with E-state index in [-0.39, 0.29) is 18.4 Å². The quantitative estimate of drug-likeness (QED) is 0.735. The molecule has 2 aromatic rings. The van der Waals surface area contributed by atoms with Crippen molar-refractivity contribution in [3.8, 4) is 5.75 Å². The third-order valence-electron chi connectivity index (χ3n) is 5.62. The number of hydrogen-bond acceptors (Lipinski definition) is 3. The van der Waals surface area contributed by atoms with E-state index in [2.05, 4.69) is 12.2 Å². The van der Waals surface area contributed by atoms with Gasteiger partial charge < -0.3 is 15.2 Å². The Bertz CT molecular complexity index is 738. The fourth-order valence-electron chi connectivity index (χ4n) is 3.40. The van der Waals surface area contributed by atoms with Crippen molar-refractivity contribution in [1.29, 1.82) is 0 Å². The second-order valence-electron chi connectivity index (χ2n) is 7.90. The van der Waals surface area contributed by atoms with Crippen LogP contribution in [-0.2, 0) is 4.79 Å². The molecule has 1 saturated carbocycles. The van der Waals surface area contributed by atoms with Crippen LogP contribution in [0.25, 0.3) is 0 Å². The van der Waals surface area contributed by atoms with Gasteiger partial charge in [-0.05, 0) is 43.0 Å². The summed E-state index contributed by atoms with van der Waals surface area (Å²) in [4.78, 5) is 12.6. The van der Waals surface area contributed by atoms with Crippen molar-refractivity contribution in [3.05, 3.63) is 65.7 Å². The third-order valence-corrected chi connectivity index (χ3v) is 5.62. The summed E-state index contributed by atoms with van der Waals surface area (Å²) < 4.78 is 5.91. The summed E-state index contributed by atoms with van der Waals surface area (Å²) >= 11 is 0. The van der Waals surface area contributed by atoms with E-state index in [0.29, 0.717) is 5.41 Å². The van der Waals surface area contributed by atoms with Gasteiger partial charge in [-0.3, -0.25) is 4.79 Å². The maximum absolute atomic E-state index is 12.6. The van der Waals surface area contributed by atoms with Gasteiger partial charge in [0.15, 0.2) is 0 Å². The molecule has 0 aliphatic heterocycles. The summed E-state index contributed by atoms with van der Waals surface area (Å²) in [6, 6.07) is 16.9. The Hall–Kier alpha value is -2.33. The maximum atomic E-state index is 12.6. The van der Waals surface area contributed by atoms with E-state index in [1.165, 1.54) is 19.3 Å². The number of aliphatic hydroxyl groups is 1. The zero-order valence-corrected chi connectivity index (χ0v) is 16.2. The summed E-state index contributed by atoms with van der Waals surface area (Å²) in [5.41, 5.74) is 2.14. The van der Waals surface area contributed by atoms with E-state index in [1.807, 2.05) is 61.5 Å². The standard InChI is InChI=1S/C23H29NO3/c1-17(18-7-4-3-5-8-18)22(26)24-21(15-25)19-9-11-20(12-10-19)27-16-23(2)13-6-14-23/h3-5,7-12,17,21,25H,6,13-16H2,1-2H3,(H,24,26)/t17-,21-/m0/s1. The first-order valence-electron chi connectivity index (χ1n) is 9.70. The van der Waals surface area contributed by atoms with Crippen LogP contribution in [-0.4, -0.2) is 24.2 Å². The van der Waals surface area contributed by atoms with E-state index < -0.39 is 6.04 Å². The van der Waals surface area contributed by atoms with E-state index in [1.54, 1.807) is 0 Å². The normalized spacial score (nSPS) is 17.4. The molecular weight excluding hydrogens is 338 g/mol. The highest BCUT2D eigenvalue weighted by Crippen LogP contribution is 2.40. The Morgan fingerprint density at radius 3 is 2.33 bits per heavy atom. The van der Waals surface area contributed by atoms with Gasteiger partial charge in [-0.15, -0.1) is 0 Å². The Morgan fingerprint density at radius 1 is 1.11 bits per heavy atom. The molecule has 0 unspecified atom stereocenters. The van der Waals surface area contributed by atoms with Crippen LogP contribution < -0.4 is 10.1 Å². The molecule has 0 spiro atoms. The first-order chi connectivity index (χ1) is 13.0. The van der Waals surface area contributed by atoms with Crippen molar-refractivity contribution < 1.29 is 14.6 Å². The number of carbonyl (C=O) groups is 1. The monoisotopic (exact) mass is 367 g/mol. The summed E-state index contributed by atoms with van der Waals surface area (Å²) in [5.74, 6) is 0.456. The molecule has 0 radical (unpaired) electrons. The van der Waals surface area contributed by atoms with Crippen LogP contribution in [0, 0.1) is 5.41 Å². The molecule has 1 amide bonds. The summed E-state index contributed by atoms with van der Waals surface area (Å²) in [6.07, 6.45) is 3.74. The molecule has 0 heterocycles. The summed E-state index contributed by atoms with van der Waals surface area (Å²) in [7, 11) is 0. The minimum atomic E-state index is -0.429. The average Bonchev–Trinajstić information content (AvgIpc) is 2.69. The van der Waals surface area contributed by atoms with E-state index in [4.69, 9.17) is 4.74 Å². The van der Waals surface area contributed by atoms with Gasteiger partial charge in [-0.25, -0.2) is 0 Å². The van der Waals surface area contributed by atoms with Crippen LogP contribution >= 0.6 is 0 Å². The minimum Gasteiger partial charge on any atom is -0.493 e. The number of ether oxygens (including phenoxy) is 1. The maximum Gasteiger partial charge on any atom is 0.227 e. The number of hydrogen-bond donors (Lipinski definition) is 2. The lowest BCUT2D eigenvalue weighted by atomic mass is 9.71. The molecule has 2 N–H and O–H groups in total. The molecule has 2 atom stereocenters. The molecule has 144 valence electrons. The predicted octanol–water partition coefficient (Wildman–Crippen LogP) is 4.21. The van der Waals surface area contributed by atoms with Crippen LogP contribution in [0.3, 0.4) is 0 Å². The van der Waals surface area contributed by atoms with Gasteiger partial charge >= 0.3 is 0 Å². The first-order valence-corrected chi connectivity index (χ1v) is 9.70. The second kappa shape index (κ2) is 8.57. The van der Waals surface area contributed by atoms with Gasteiger partial charge in [0, 0.05) is 5.41 Å². The van der Waals surface area contributed by atoms with E-state index in [0.717, 1.165) is 23.5 Å². The molecule has 1 fully saturated rings. The summed E-state index contributed by atoms with van der Waals surface area (Å²) in [6.45, 7) is 4.72. The van der Waals surface area contributed by atoms with Crippen LogP contribution in [0.5, 0.6) is 5.75 Å². The Kier molecular flexibility index (Phi) is 6.17. The zero-order valence-electron chi connectivity index (χ0n) is 16.2. The lowest BCUT2D eigenvalue weighted by molar-refractivity contribution is -0.123. The second-order valence-corrected chi connectivity index (χ2v) is 7.90. The number of rotatable bonds is 8. The highest BCUT2D eigenvalue weighted by molar-refractivity contribution is 5.83. The number of aliphatic hydroxyl groups excluding tert-OH is 1. The highest BCUT2D eigenvalue weighted by atomic mass is 16.5. The number of carbonyl (C=O) groups excluding carboxylic acids is 1. The van der Waals surface area contributed by atoms with Crippen molar-refractivity contribution >= 4 is 5.91 Å². The van der Waals surface area contributed by atoms with E-state index in [9.17, 15) is 9.90 Å². The lowest BCUT2D eigenvalue weighted by Gasteiger charge is -2.37. The number of nitrogens with one attached hydrogen (secondary N) is 1. The molecule has 0 saturated heterocycles. The first kappa shape index (κ1) is 19.4. The molecule has 4 heteroatoms. The van der Waals surface area contributed by atoms with Crippen molar-refractivity contribution in [2.75, 3.05) is 13.2 Å². The van der Waals surface area contributed by atoms with Crippen molar-refractivity contribution in [3.63, 3.8) is 0 Å². The molecule has 27 heavy (non-hydrogen) atoms. The average molecular weight is 367 g/mol. The van der Waals surface area contributed by atoms with Gasteiger partial charge in [-0.1, -0.05) is 55.8 Å². The van der Waals surface area contributed by atoms with Crippen LogP contribution in [0.2, 0.25) is 0 Å². The Balaban J connectivity index is 1.58. The van der Waals surface area contributed by atoms with Gasteiger partial charge in [0.25, 0.3) is 0 Å². The van der Waals surface area contributed by atoms with Crippen molar-refractivity contribution in [2.45, 2.75) is 45.1 Å². The molecular formula is C23H29NO3. The van der Waals surface area contributed by atoms with Crippen LogP contribution in [0.15, 0.2) is 54.6 Å². The Labute approximate surface area is 161 Å². The van der Waals surface area contributed by atoms with Crippen LogP contribution in [0.1, 0.15) is 56.2 Å². The fraction of sp³-hybridized carbons (Fsp3) is 0.435. The van der Waals surface area contributed by atoms with Gasteiger partial charge in [0.2, 0.25) is 5.91 Å². The third kappa shape index (κ3) is 4.89. The van der Waals surface area contributed by atoms with Gasteiger partial charge in [0.1, 0.15) is 5.75 Å². The Morgan fingerprint density at radius 2 is 1.78 bits per heavy atom. The topological polar surface area (TPSA) is 58.6 Å². The fourth-order valence-corrected chi connectivity index (χ4v) is 3.40. The zero-order chi connectivity index (χ0) is 19.3. The molecule has 2 aromatic carbocycles. The summed E-state index contributed by atoms with van der Waals surface area (Å²) in [5, 5.41) is 12.7. The van der Waals surface area contributed by atoms with Gasteiger partial charge in [-0.2, -0.15) is 0 Å². The lowest BCUT2D eigenvalue weighted by Crippen LogP contribution is -2.34. The largest absolute Gasteiger partial charge is 0.493 e. The molecule has 1 aliphatic rings. The predicted molar refractivity (Wildman–Crippen MR) is 107 cm³/mol. The molecule has 3 rings (SSSR count). The van der Waals surface area contributed by atoms with Gasteiger partial charge in [0.05, 0.1) is 25.2 Å². The highest BCUT2D eigenvalue weighted by Gasteiger charge is 2.32. The van der Waals surface area contributed by atoms with Crippen molar-refractivity contribution in [2.24, 2.45) is 5.41 Å². The molecule has 1 aliphatic carbocycles. The van der Waals surface area contributed by atoms with Crippen LogP contribution in [0.4, 0.5) is 0 Å². The van der Waals surface area contributed by atoms with E-state index >= 15 is 0 Å². The molecule has 0 aromatic heterocycles. The smallest absolute Gasteiger partial charge is 0.227 e. The minimum absolute atomic E-state index is 0.0986. The number of amides is 1. The molecule has 4 nitrogen and oxygen atoms in total. The molecule has 0 bridgehead atoms. The van der Waals surface area contributed by atoms with Crippen molar-refractivity contribution in [1.82, 2.24) is 5.32 Å².